The average molecular weight is 278 g/mol. The van der Waals surface area contributed by atoms with Gasteiger partial charge in [0.1, 0.15) is 12.2 Å². The average Bonchev–Trinajstić information content (AvgIpc) is 2.39. The van der Waals surface area contributed by atoms with Gasteiger partial charge in [0.05, 0.1) is 13.2 Å². The minimum atomic E-state index is -0.451. The molecule has 0 heterocycles. The zero-order valence-corrected chi connectivity index (χ0v) is 11.4. The van der Waals surface area contributed by atoms with E-state index in [1.54, 1.807) is 19.2 Å². The molecule has 0 spiro atoms. The highest BCUT2D eigenvalue weighted by molar-refractivity contribution is 7.80. The second-order valence-electron chi connectivity index (χ2n) is 3.65. The molecule has 0 aliphatic heterocycles. The number of thiocarbonyl (C=S) groups is 1. The van der Waals surface area contributed by atoms with Crippen LogP contribution in [-0.4, -0.2) is 18.1 Å². The largest absolute Gasteiger partial charge is 0.496 e. The molecule has 0 atom stereocenters. The van der Waals surface area contributed by atoms with Crippen LogP contribution in [0.1, 0.15) is 12.0 Å². The summed E-state index contributed by atoms with van der Waals surface area (Å²) in [6, 6.07) is 7.25. The smallest absolute Gasteiger partial charge is 0.252 e. The van der Waals surface area contributed by atoms with E-state index >= 15 is 0 Å². The number of rotatable bonds is 3. The fourth-order valence-corrected chi connectivity index (χ4v) is 1.47. The molecule has 0 aliphatic rings. The molecule has 0 unspecified atom stereocenters. The molecule has 0 aliphatic carbocycles. The van der Waals surface area contributed by atoms with Crippen LogP contribution in [0.2, 0.25) is 0 Å². The Morgan fingerprint density at radius 3 is 2.84 bits per heavy atom. The lowest BCUT2D eigenvalue weighted by molar-refractivity contribution is -0.120. The van der Waals surface area contributed by atoms with Crippen molar-refractivity contribution in [2.75, 3.05) is 12.4 Å². The molecule has 3 N–H and O–H groups in total. The van der Waals surface area contributed by atoms with Gasteiger partial charge >= 0.3 is 0 Å². The molecule has 0 radical (unpaired) electrons. The quantitative estimate of drug-likeness (QED) is 0.569. The maximum absolute atomic E-state index is 11.0. The predicted octanol–water partition coefficient (Wildman–Crippen LogP) is 1.23. The van der Waals surface area contributed by atoms with Gasteiger partial charge in [-0.15, -0.1) is 0 Å². The number of anilines is 1. The van der Waals surface area contributed by atoms with Crippen LogP contribution in [0.3, 0.4) is 0 Å². The summed E-state index contributed by atoms with van der Waals surface area (Å²) in [4.78, 5) is 11.0. The fourth-order valence-electron chi connectivity index (χ4n) is 1.30. The van der Waals surface area contributed by atoms with Gasteiger partial charge in [0.25, 0.3) is 5.91 Å². The van der Waals surface area contributed by atoms with E-state index < -0.39 is 5.91 Å². The summed E-state index contributed by atoms with van der Waals surface area (Å²) in [5.41, 5.74) is 6.53. The van der Waals surface area contributed by atoms with Crippen LogP contribution in [0.15, 0.2) is 18.2 Å². The van der Waals surface area contributed by atoms with Crippen molar-refractivity contribution in [1.82, 2.24) is 10.9 Å². The zero-order valence-electron chi connectivity index (χ0n) is 10.6. The number of hydrogen-bond donors (Lipinski definition) is 3. The molecule has 19 heavy (non-hydrogen) atoms. The lowest BCUT2D eigenvalue weighted by Gasteiger charge is -2.12. The summed E-state index contributed by atoms with van der Waals surface area (Å²) in [6.45, 7) is 1.93. The van der Waals surface area contributed by atoms with Crippen molar-refractivity contribution in [3.05, 3.63) is 23.8 Å². The highest BCUT2D eigenvalue weighted by Crippen LogP contribution is 2.21. The van der Waals surface area contributed by atoms with Crippen LogP contribution >= 0.6 is 12.2 Å². The monoisotopic (exact) mass is 278 g/mol. The van der Waals surface area contributed by atoms with Gasteiger partial charge in [0.15, 0.2) is 5.11 Å². The van der Waals surface area contributed by atoms with Gasteiger partial charge in [-0.2, -0.15) is 5.26 Å². The van der Waals surface area contributed by atoms with Gasteiger partial charge in [-0.3, -0.25) is 15.6 Å². The third-order valence-corrected chi connectivity index (χ3v) is 2.43. The maximum atomic E-state index is 11.0. The topological polar surface area (TPSA) is 86.2 Å². The molecular weight excluding hydrogens is 264 g/mol. The van der Waals surface area contributed by atoms with Crippen molar-refractivity contribution in [2.45, 2.75) is 13.3 Å². The Labute approximate surface area is 116 Å². The second-order valence-corrected chi connectivity index (χ2v) is 4.05. The van der Waals surface area contributed by atoms with Crippen molar-refractivity contribution in [2.24, 2.45) is 0 Å². The Morgan fingerprint density at radius 2 is 2.21 bits per heavy atom. The van der Waals surface area contributed by atoms with Crippen molar-refractivity contribution in [3.8, 4) is 11.8 Å². The number of methoxy groups -OCH3 is 1. The van der Waals surface area contributed by atoms with E-state index in [0.717, 1.165) is 17.0 Å². The Kier molecular flexibility index (Phi) is 5.57. The molecule has 1 aromatic rings. The summed E-state index contributed by atoms with van der Waals surface area (Å²) in [6.07, 6.45) is -0.228. The number of carbonyl (C=O) groups is 1. The molecule has 1 amide bonds. The van der Waals surface area contributed by atoms with Crippen molar-refractivity contribution >= 4 is 28.9 Å². The first-order valence-corrected chi connectivity index (χ1v) is 5.85. The van der Waals surface area contributed by atoms with E-state index in [-0.39, 0.29) is 11.5 Å². The van der Waals surface area contributed by atoms with E-state index in [1.807, 2.05) is 19.1 Å². The molecule has 0 saturated carbocycles. The molecular formula is C12H14N4O2S. The van der Waals surface area contributed by atoms with E-state index in [4.69, 9.17) is 22.2 Å². The Bertz CT molecular complexity index is 525. The minimum Gasteiger partial charge on any atom is -0.496 e. The number of hydrazine groups is 1. The maximum Gasteiger partial charge on any atom is 0.252 e. The lowest BCUT2D eigenvalue weighted by Crippen LogP contribution is -2.43. The number of nitrogens with one attached hydrogen (secondary N) is 3. The zero-order chi connectivity index (χ0) is 14.3. The van der Waals surface area contributed by atoms with Crippen molar-refractivity contribution in [3.63, 3.8) is 0 Å². The Balaban J connectivity index is 2.53. The Hall–Kier alpha value is -2.33. The SMILES string of the molecule is COc1cc(NC(=S)NNC(=O)CC#N)ccc1C. The number of ether oxygens (including phenoxy) is 1. The highest BCUT2D eigenvalue weighted by Gasteiger charge is 2.03. The first-order valence-electron chi connectivity index (χ1n) is 5.44. The number of carbonyl (C=O) groups excluding carboxylic acids is 1. The number of aryl methyl sites for hydroxylation is 1. The molecule has 100 valence electrons. The molecule has 6 nitrogen and oxygen atoms in total. The van der Waals surface area contributed by atoms with Crippen LogP contribution in [0, 0.1) is 18.3 Å². The van der Waals surface area contributed by atoms with Gasteiger partial charge in [-0.05, 0) is 30.8 Å². The molecule has 7 heteroatoms. The lowest BCUT2D eigenvalue weighted by atomic mass is 10.2. The molecule has 0 saturated heterocycles. The van der Waals surface area contributed by atoms with Crippen LogP contribution in [0.25, 0.3) is 0 Å². The molecule has 1 rings (SSSR count). The van der Waals surface area contributed by atoms with Gasteiger partial charge in [0, 0.05) is 11.8 Å². The van der Waals surface area contributed by atoms with Gasteiger partial charge in [-0.1, -0.05) is 6.07 Å². The summed E-state index contributed by atoms with van der Waals surface area (Å²) in [7, 11) is 1.59. The molecule has 1 aromatic carbocycles. The van der Waals surface area contributed by atoms with E-state index in [1.165, 1.54) is 0 Å². The third kappa shape index (κ3) is 4.81. The van der Waals surface area contributed by atoms with Crippen LogP contribution in [-0.2, 0) is 4.79 Å². The van der Waals surface area contributed by atoms with E-state index in [9.17, 15) is 4.79 Å². The number of hydrogen-bond acceptors (Lipinski definition) is 4. The summed E-state index contributed by atoms with van der Waals surface area (Å²) >= 11 is 4.99. The Morgan fingerprint density at radius 1 is 1.47 bits per heavy atom. The van der Waals surface area contributed by atoms with Crippen LogP contribution in [0.4, 0.5) is 5.69 Å². The standard InChI is InChI=1S/C12H14N4O2S/c1-8-3-4-9(7-10(8)18-2)14-12(19)16-15-11(17)5-6-13/h3-4,7H,5H2,1-2H3,(H,15,17)(H2,14,16,19). The normalized spacial score (nSPS) is 9.11. The van der Waals surface area contributed by atoms with E-state index in [2.05, 4.69) is 16.2 Å². The second kappa shape index (κ2) is 7.18. The fraction of sp³-hybridized carbons (Fsp3) is 0.250. The first-order chi connectivity index (χ1) is 9.06. The van der Waals surface area contributed by atoms with Gasteiger partial charge in [-0.25, -0.2) is 0 Å². The predicted molar refractivity (Wildman–Crippen MR) is 75.5 cm³/mol. The van der Waals surface area contributed by atoms with Gasteiger partial charge < -0.3 is 10.1 Å². The van der Waals surface area contributed by atoms with Crippen LogP contribution < -0.4 is 20.9 Å². The number of nitrogens with zero attached hydrogens (tertiary/aromatic N) is 1. The number of benzene rings is 1. The number of nitriles is 1. The summed E-state index contributed by atoms with van der Waals surface area (Å²) in [5.74, 6) is 0.287. The molecule has 0 fully saturated rings. The third-order valence-electron chi connectivity index (χ3n) is 2.22. The molecule has 0 aromatic heterocycles. The van der Waals surface area contributed by atoms with E-state index in [0.29, 0.717) is 0 Å². The summed E-state index contributed by atoms with van der Waals surface area (Å²) < 4.78 is 5.19. The number of amides is 1. The highest BCUT2D eigenvalue weighted by atomic mass is 32.1. The van der Waals surface area contributed by atoms with Crippen molar-refractivity contribution < 1.29 is 9.53 Å². The van der Waals surface area contributed by atoms with Crippen LogP contribution in [0.5, 0.6) is 5.75 Å². The first kappa shape index (κ1) is 14.7. The molecule has 0 bridgehead atoms. The minimum absolute atomic E-state index is 0.220. The summed E-state index contributed by atoms with van der Waals surface area (Å²) in [5, 5.41) is 11.4. The van der Waals surface area contributed by atoms with Crippen molar-refractivity contribution in [1.29, 1.82) is 5.26 Å². The van der Waals surface area contributed by atoms with Gasteiger partial charge in [0.2, 0.25) is 0 Å².